The van der Waals surface area contributed by atoms with Crippen LogP contribution in [0.5, 0.6) is 5.75 Å². The van der Waals surface area contributed by atoms with E-state index in [9.17, 15) is 9.90 Å². The number of aliphatic hydroxyl groups excluding tert-OH is 1. The van der Waals surface area contributed by atoms with Crippen LogP contribution in [0.15, 0.2) is 18.2 Å². The summed E-state index contributed by atoms with van der Waals surface area (Å²) in [5.74, 6) is 0.643. The van der Waals surface area contributed by atoms with Gasteiger partial charge in [-0.15, -0.1) is 0 Å². The number of hydrogen-bond donors (Lipinski definition) is 2. The maximum atomic E-state index is 11.4. The topological polar surface area (TPSA) is 58.6 Å². The minimum Gasteiger partial charge on any atom is -0.494 e. The predicted octanol–water partition coefficient (Wildman–Crippen LogP) is 2.32. The molecule has 0 fully saturated rings. The molecule has 0 aliphatic rings. The first kappa shape index (κ1) is 13.5. The fourth-order valence-electron chi connectivity index (χ4n) is 1.53. The standard InChI is InChI=1S/C13H19NO3/c1-3-5-13(16)14-11-6-7-12(17-4-2)10(8-11)9-15/h6-8,15H,3-5,9H2,1-2H3,(H,14,16). The molecule has 0 aliphatic heterocycles. The molecule has 4 nitrogen and oxygen atoms in total. The molecule has 0 atom stereocenters. The van der Waals surface area contributed by atoms with Crippen molar-refractivity contribution in [2.45, 2.75) is 33.3 Å². The molecule has 2 N–H and O–H groups in total. The summed E-state index contributed by atoms with van der Waals surface area (Å²) in [6, 6.07) is 5.27. The summed E-state index contributed by atoms with van der Waals surface area (Å²) in [6.07, 6.45) is 1.32. The molecule has 0 radical (unpaired) electrons. The first-order valence-electron chi connectivity index (χ1n) is 5.87. The average Bonchev–Trinajstić information content (AvgIpc) is 2.31. The summed E-state index contributed by atoms with van der Waals surface area (Å²) in [6.45, 7) is 4.29. The molecule has 17 heavy (non-hydrogen) atoms. The quantitative estimate of drug-likeness (QED) is 0.798. The van der Waals surface area contributed by atoms with Crippen LogP contribution in [0.1, 0.15) is 32.3 Å². The van der Waals surface area contributed by atoms with Crippen LogP contribution >= 0.6 is 0 Å². The van der Waals surface area contributed by atoms with E-state index in [1.807, 2.05) is 13.8 Å². The highest BCUT2D eigenvalue weighted by molar-refractivity contribution is 5.90. The zero-order valence-corrected chi connectivity index (χ0v) is 10.3. The van der Waals surface area contributed by atoms with E-state index in [1.54, 1.807) is 18.2 Å². The SMILES string of the molecule is CCCC(=O)Nc1ccc(OCC)c(CO)c1. The Morgan fingerprint density at radius 1 is 1.41 bits per heavy atom. The molecule has 0 bridgehead atoms. The van der Waals surface area contributed by atoms with Gasteiger partial charge in [0.15, 0.2) is 0 Å². The highest BCUT2D eigenvalue weighted by Gasteiger charge is 2.06. The maximum absolute atomic E-state index is 11.4. The van der Waals surface area contributed by atoms with Gasteiger partial charge in [-0.05, 0) is 31.5 Å². The van der Waals surface area contributed by atoms with Crippen LogP contribution in [0.4, 0.5) is 5.69 Å². The number of carbonyl (C=O) groups is 1. The van der Waals surface area contributed by atoms with E-state index in [2.05, 4.69) is 5.32 Å². The first-order chi connectivity index (χ1) is 8.21. The lowest BCUT2D eigenvalue weighted by atomic mass is 10.2. The van der Waals surface area contributed by atoms with Crippen molar-refractivity contribution in [3.63, 3.8) is 0 Å². The van der Waals surface area contributed by atoms with Gasteiger partial charge in [0.05, 0.1) is 13.2 Å². The van der Waals surface area contributed by atoms with Crippen molar-refractivity contribution in [2.24, 2.45) is 0 Å². The van der Waals surface area contributed by atoms with Crippen LogP contribution in [0.2, 0.25) is 0 Å². The van der Waals surface area contributed by atoms with Crippen LogP contribution in [0.3, 0.4) is 0 Å². The van der Waals surface area contributed by atoms with Crippen molar-refractivity contribution in [3.05, 3.63) is 23.8 Å². The van der Waals surface area contributed by atoms with Gasteiger partial charge in [0.1, 0.15) is 5.75 Å². The third kappa shape index (κ3) is 4.07. The molecule has 94 valence electrons. The largest absolute Gasteiger partial charge is 0.494 e. The molecule has 1 aromatic carbocycles. The second kappa shape index (κ2) is 6.91. The van der Waals surface area contributed by atoms with Gasteiger partial charge in [-0.25, -0.2) is 0 Å². The molecule has 0 spiro atoms. The third-order valence-electron chi connectivity index (χ3n) is 2.29. The van der Waals surface area contributed by atoms with Crippen molar-refractivity contribution < 1.29 is 14.6 Å². The molecule has 1 rings (SSSR count). The van der Waals surface area contributed by atoms with Gasteiger partial charge in [0.25, 0.3) is 0 Å². The van der Waals surface area contributed by atoms with Crippen LogP contribution in [-0.2, 0) is 11.4 Å². The van der Waals surface area contributed by atoms with E-state index in [1.165, 1.54) is 0 Å². The monoisotopic (exact) mass is 237 g/mol. The number of anilines is 1. The molecule has 0 saturated heterocycles. The van der Waals surface area contributed by atoms with Crippen LogP contribution in [0.25, 0.3) is 0 Å². The van der Waals surface area contributed by atoms with Crippen molar-refractivity contribution >= 4 is 11.6 Å². The Balaban J connectivity index is 2.78. The van der Waals surface area contributed by atoms with Crippen molar-refractivity contribution in [1.29, 1.82) is 0 Å². The fourth-order valence-corrected chi connectivity index (χ4v) is 1.53. The molecule has 1 amide bonds. The highest BCUT2D eigenvalue weighted by Crippen LogP contribution is 2.23. The summed E-state index contributed by atoms with van der Waals surface area (Å²) < 4.78 is 5.36. The Morgan fingerprint density at radius 3 is 2.76 bits per heavy atom. The predicted molar refractivity (Wildman–Crippen MR) is 67.1 cm³/mol. The van der Waals surface area contributed by atoms with Gasteiger partial charge in [0.2, 0.25) is 5.91 Å². The molecule has 4 heteroatoms. The highest BCUT2D eigenvalue weighted by atomic mass is 16.5. The Morgan fingerprint density at radius 2 is 2.18 bits per heavy atom. The number of benzene rings is 1. The number of amides is 1. The van der Waals surface area contributed by atoms with Crippen LogP contribution in [0, 0.1) is 0 Å². The molecule has 0 saturated carbocycles. The zero-order chi connectivity index (χ0) is 12.7. The van der Waals surface area contributed by atoms with E-state index in [0.29, 0.717) is 30.0 Å². The Hall–Kier alpha value is -1.55. The number of rotatable bonds is 6. The zero-order valence-electron chi connectivity index (χ0n) is 10.3. The number of aliphatic hydroxyl groups is 1. The number of ether oxygens (including phenoxy) is 1. The molecular formula is C13H19NO3. The van der Waals surface area contributed by atoms with Crippen LogP contribution < -0.4 is 10.1 Å². The van der Waals surface area contributed by atoms with Gasteiger partial charge in [0, 0.05) is 17.7 Å². The lowest BCUT2D eigenvalue weighted by molar-refractivity contribution is -0.116. The lowest BCUT2D eigenvalue weighted by Gasteiger charge is -2.11. The van der Waals surface area contributed by atoms with E-state index in [4.69, 9.17) is 4.74 Å². The van der Waals surface area contributed by atoms with Crippen LogP contribution in [-0.4, -0.2) is 17.6 Å². The minimum atomic E-state index is -0.104. The van der Waals surface area contributed by atoms with E-state index >= 15 is 0 Å². The van der Waals surface area contributed by atoms with Gasteiger partial charge in [-0.1, -0.05) is 6.92 Å². The fraction of sp³-hybridized carbons (Fsp3) is 0.462. The molecule has 0 heterocycles. The number of nitrogens with one attached hydrogen (secondary N) is 1. The number of hydrogen-bond acceptors (Lipinski definition) is 3. The summed E-state index contributed by atoms with van der Waals surface area (Å²) in [7, 11) is 0. The Kier molecular flexibility index (Phi) is 5.49. The van der Waals surface area contributed by atoms with Gasteiger partial charge < -0.3 is 15.2 Å². The first-order valence-corrected chi connectivity index (χ1v) is 5.87. The molecule has 0 aromatic heterocycles. The summed E-state index contributed by atoms with van der Waals surface area (Å²) in [5.41, 5.74) is 1.37. The molecular weight excluding hydrogens is 218 g/mol. The maximum Gasteiger partial charge on any atom is 0.224 e. The molecule has 1 aromatic rings. The summed E-state index contributed by atoms with van der Waals surface area (Å²) in [4.78, 5) is 11.4. The van der Waals surface area contributed by atoms with Crippen molar-refractivity contribution in [2.75, 3.05) is 11.9 Å². The summed E-state index contributed by atoms with van der Waals surface area (Å²) in [5, 5.41) is 12.0. The second-order valence-corrected chi connectivity index (χ2v) is 3.71. The van der Waals surface area contributed by atoms with E-state index in [-0.39, 0.29) is 12.5 Å². The van der Waals surface area contributed by atoms with Gasteiger partial charge in [-0.2, -0.15) is 0 Å². The minimum absolute atomic E-state index is 0.0134. The average molecular weight is 237 g/mol. The third-order valence-corrected chi connectivity index (χ3v) is 2.29. The van der Waals surface area contributed by atoms with Gasteiger partial charge >= 0.3 is 0 Å². The van der Waals surface area contributed by atoms with E-state index < -0.39 is 0 Å². The van der Waals surface area contributed by atoms with Crippen molar-refractivity contribution in [1.82, 2.24) is 0 Å². The van der Waals surface area contributed by atoms with E-state index in [0.717, 1.165) is 6.42 Å². The number of carbonyl (C=O) groups excluding carboxylic acids is 1. The smallest absolute Gasteiger partial charge is 0.224 e. The lowest BCUT2D eigenvalue weighted by Crippen LogP contribution is -2.11. The normalized spacial score (nSPS) is 10.1. The molecule has 0 aliphatic carbocycles. The Bertz CT molecular complexity index is 377. The Labute approximate surface area is 102 Å². The summed E-state index contributed by atoms with van der Waals surface area (Å²) >= 11 is 0. The van der Waals surface area contributed by atoms with Crippen molar-refractivity contribution in [3.8, 4) is 5.75 Å². The molecule has 0 unspecified atom stereocenters. The second-order valence-electron chi connectivity index (χ2n) is 3.71. The van der Waals surface area contributed by atoms with Gasteiger partial charge in [-0.3, -0.25) is 4.79 Å².